The van der Waals surface area contributed by atoms with Gasteiger partial charge in [-0.25, -0.2) is 4.79 Å². The molecular formula is C21H29N5O2S2. The van der Waals surface area contributed by atoms with E-state index in [1.54, 1.807) is 24.3 Å². The van der Waals surface area contributed by atoms with Crippen LogP contribution in [0.25, 0.3) is 10.7 Å². The molecule has 0 saturated carbocycles. The first-order valence-corrected chi connectivity index (χ1v) is 11.7. The molecule has 0 radical (unpaired) electrons. The summed E-state index contributed by atoms with van der Waals surface area (Å²) in [5, 5.41) is 10.9. The van der Waals surface area contributed by atoms with Crippen LogP contribution in [0.3, 0.4) is 0 Å². The molecule has 0 saturated heterocycles. The molecule has 2 aromatic rings. The van der Waals surface area contributed by atoms with Gasteiger partial charge in [0.05, 0.1) is 10.1 Å². The second-order valence-electron chi connectivity index (χ2n) is 8.68. The van der Waals surface area contributed by atoms with Crippen LogP contribution in [0.1, 0.15) is 44.6 Å². The quantitative estimate of drug-likeness (QED) is 0.514. The maximum absolute atomic E-state index is 12.0. The minimum atomic E-state index is -0.863. The summed E-state index contributed by atoms with van der Waals surface area (Å²) in [6, 6.07) is 1.39. The second kappa shape index (κ2) is 8.93. The highest BCUT2D eigenvalue weighted by Gasteiger charge is 2.30. The minimum absolute atomic E-state index is 0.300. The first-order chi connectivity index (χ1) is 14.1. The Hall–Kier alpha value is -2.13. The number of primary amides is 1. The van der Waals surface area contributed by atoms with Gasteiger partial charge in [0.25, 0.3) is 0 Å². The van der Waals surface area contributed by atoms with Crippen molar-refractivity contribution in [3.05, 3.63) is 29.2 Å². The summed E-state index contributed by atoms with van der Waals surface area (Å²) in [5.41, 5.74) is 6.76. The standard InChI is InChI=1S/C21H29N5O2S2/c1-6-9-26-17(24-25-20(26)29-12(2)18(27)23-19(22)28)16-11-13-10-14(21(3,4)5)7-8-15(13)30-16/h6,11-12,14H,1,7-10H2,2-5H3,(H3,22,23,27,28). The van der Waals surface area contributed by atoms with Gasteiger partial charge in [-0.05, 0) is 49.1 Å². The fraction of sp³-hybridized carbons (Fsp3) is 0.524. The summed E-state index contributed by atoms with van der Waals surface area (Å²) in [6.45, 7) is 13.0. The first-order valence-electron chi connectivity index (χ1n) is 10.0. The number of urea groups is 1. The van der Waals surface area contributed by atoms with Crippen molar-refractivity contribution in [3.63, 3.8) is 0 Å². The Labute approximate surface area is 185 Å². The zero-order valence-electron chi connectivity index (χ0n) is 17.9. The molecule has 2 unspecified atom stereocenters. The molecule has 162 valence electrons. The van der Waals surface area contributed by atoms with Crippen molar-refractivity contribution in [2.75, 3.05) is 0 Å². The number of fused-ring (bicyclic) bond motifs is 1. The monoisotopic (exact) mass is 447 g/mol. The molecule has 30 heavy (non-hydrogen) atoms. The zero-order valence-corrected chi connectivity index (χ0v) is 19.5. The van der Waals surface area contributed by atoms with E-state index in [-0.39, 0.29) is 0 Å². The van der Waals surface area contributed by atoms with E-state index in [2.05, 4.69) is 48.9 Å². The molecule has 2 heterocycles. The fourth-order valence-electron chi connectivity index (χ4n) is 3.66. The van der Waals surface area contributed by atoms with Gasteiger partial charge in [0.15, 0.2) is 11.0 Å². The summed E-state index contributed by atoms with van der Waals surface area (Å²) in [7, 11) is 0. The van der Waals surface area contributed by atoms with E-state index < -0.39 is 17.2 Å². The van der Waals surface area contributed by atoms with Crippen LogP contribution in [0.4, 0.5) is 4.79 Å². The number of amides is 3. The third-order valence-electron chi connectivity index (χ3n) is 5.45. The molecule has 9 heteroatoms. The van der Waals surface area contributed by atoms with E-state index >= 15 is 0 Å². The number of carbonyl (C=O) groups is 2. The fourth-order valence-corrected chi connectivity index (χ4v) is 5.72. The lowest BCUT2D eigenvalue weighted by atomic mass is 9.72. The van der Waals surface area contributed by atoms with Crippen LogP contribution in [-0.4, -0.2) is 32.0 Å². The molecule has 0 spiro atoms. The predicted octanol–water partition coefficient (Wildman–Crippen LogP) is 4.02. The number of hydrogen-bond donors (Lipinski definition) is 2. The van der Waals surface area contributed by atoms with Crippen LogP contribution >= 0.6 is 23.1 Å². The van der Waals surface area contributed by atoms with Crippen LogP contribution in [0.15, 0.2) is 23.9 Å². The number of thioether (sulfide) groups is 1. The predicted molar refractivity (Wildman–Crippen MR) is 122 cm³/mol. The Morgan fingerprint density at radius 3 is 2.83 bits per heavy atom. The molecule has 0 aromatic carbocycles. The number of aryl methyl sites for hydroxylation is 1. The summed E-state index contributed by atoms with van der Waals surface area (Å²) >= 11 is 3.02. The molecule has 0 fully saturated rings. The van der Waals surface area contributed by atoms with Gasteiger partial charge < -0.3 is 5.73 Å². The number of thiophene rings is 1. The van der Waals surface area contributed by atoms with Crippen molar-refractivity contribution in [1.82, 2.24) is 20.1 Å². The summed E-state index contributed by atoms with van der Waals surface area (Å²) < 4.78 is 1.96. The molecule has 3 N–H and O–H groups in total. The number of imide groups is 1. The van der Waals surface area contributed by atoms with Crippen LogP contribution in [-0.2, 0) is 24.2 Å². The molecule has 1 aliphatic carbocycles. The van der Waals surface area contributed by atoms with Crippen molar-refractivity contribution < 1.29 is 9.59 Å². The molecule has 3 rings (SSSR count). The van der Waals surface area contributed by atoms with Crippen molar-refractivity contribution in [2.24, 2.45) is 17.1 Å². The SMILES string of the molecule is C=CCn1c(SC(C)C(=O)NC(N)=O)nnc1-c1cc2c(s1)CCC(C(C)(C)C)C2. The van der Waals surface area contributed by atoms with E-state index in [1.165, 1.54) is 28.6 Å². The van der Waals surface area contributed by atoms with Crippen LogP contribution < -0.4 is 11.1 Å². The second-order valence-corrected chi connectivity index (χ2v) is 11.1. The van der Waals surface area contributed by atoms with Gasteiger partial charge in [-0.2, -0.15) is 0 Å². The topological polar surface area (TPSA) is 103 Å². The van der Waals surface area contributed by atoms with Gasteiger partial charge in [-0.3, -0.25) is 14.7 Å². The maximum Gasteiger partial charge on any atom is 0.318 e. The molecule has 2 atom stereocenters. The van der Waals surface area contributed by atoms with Crippen molar-refractivity contribution >= 4 is 35.0 Å². The maximum atomic E-state index is 12.0. The number of nitrogens with two attached hydrogens (primary N) is 1. The third kappa shape index (κ3) is 4.95. The summed E-state index contributed by atoms with van der Waals surface area (Å²) in [5.74, 6) is 1.00. The van der Waals surface area contributed by atoms with E-state index in [0.717, 1.165) is 23.5 Å². The number of nitrogens with one attached hydrogen (secondary N) is 1. The molecule has 0 bridgehead atoms. The Bertz CT molecular complexity index is 957. The van der Waals surface area contributed by atoms with Crippen molar-refractivity contribution in [3.8, 4) is 10.7 Å². The van der Waals surface area contributed by atoms with Gasteiger partial charge in [0.2, 0.25) is 5.91 Å². The van der Waals surface area contributed by atoms with Gasteiger partial charge in [0, 0.05) is 11.4 Å². The van der Waals surface area contributed by atoms with Gasteiger partial charge in [0.1, 0.15) is 0 Å². The molecular weight excluding hydrogens is 418 g/mol. The van der Waals surface area contributed by atoms with Gasteiger partial charge in [-0.15, -0.1) is 28.1 Å². The number of aromatic nitrogens is 3. The number of rotatable bonds is 6. The minimum Gasteiger partial charge on any atom is -0.351 e. The highest BCUT2D eigenvalue weighted by molar-refractivity contribution is 8.00. The number of allylic oxidation sites excluding steroid dienone is 1. The number of carbonyl (C=O) groups excluding carboxylic acids is 2. The highest BCUT2D eigenvalue weighted by Crippen LogP contribution is 2.42. The Morgan fingerprint density at radius 1 is 1.47 bits per heavy atom. The summed E-state index contributed by atoms with van der Waals surface area (Å²) in [6.07, 6.45) is 5.19. The Balaban J connectivity index is 1.86. The Kier molecular flexibility index (Phi) is 6.71. The van der Waals surface area contributed by atoms with Gasteiger partial charge >= 0.3 is 6.03 Å². The van der Waals surface area contributed by atoms with E-state index in [1.807, 2.05) is 4.57 Å². The highest BCUT2D eigenvalue weighted by atomic mass is 32.2. The molecule has 2 aromatic heterocycles. The van der Waals surface area contributed by atoms with Crippen LogP contribution in [0, 0.1) is 11.3 Å². The molecule has 1 aliphatic rings. The van der Waals surface area contributed by atoms with E-state index in [4.69, 9.17) is 5.73 Å². The lowest BCUT2D eigenvalue weighted by Crippen LogP contribution is -2.39. The smallest absolute Gasteiger partial charge is 0.318 e. The van der Waals surface area contributed by atoms with Crippen molar-refractivity contribution in [1.29, 1.82) is 0 Å². The molecule has 0 aliphatic heterocycles. The summed E-state index contributed by atoms with van der Waals surface area (Å²) in [4.78, 5) is 25.5. The van der Waals surface area contributed by atoms with Crippen LogP contribution in [0.2, 0.25) is 0 Å². The van der Waals surface area contributed by atoms with E-state index in [0.29, 0.717) is 23.0 Å². The third-order valence-corrected chi connectivity index (χ3v) is 7.77. The Morgan fingerprint density at radius 2 is 2.20 bits per heavy atom. The van der Waals surface area contributed by atoms with Gasteiger partial charge in [-0.1, -0.05) is 38.6 Å². The zero-order chi connectivity index (χ0) is 22.1. The van der Waals surface area contributed by atoms with Crippen molar-refractivity contribution in [2.45, 2.75) is 63.9 Å². The number of hydrogen-bond acceptors (Lipinski definition) is 6. The molecule has 3 amide bonds. The largest absolute Gasteiger partial charge is 0.351 e. The average Bonchev–Trinajstić information content (AvgIpc) is 3.24. The number of nitrogens with zero attached hydrogens (tertiary/aromatic N) is 3. The van der Waals surface area contributed by atoms with E-state index in [9.17, 15) is 9.59 Å². The average molecular weight is 448 g/mol. The molecule has 7 nitrogen and oxygen atoms in total. The normalized spacial score (nSPS) is 17.3. The van der Waals surface area contributed by atoms with Crippen LogP contribution in [0.5, 0.6) is 0 Å². The lowest BCUT2D eigenvalue weighted by Gasteiger charge is -2.33. The lowest BCUT2D eigenvalue weighted by molar-refractivity contribution is -0.119. The first kappa shape index (κ1) is 22.6.